The normalized spacial score (nSPS) is 10.9. The molecule has 0 bridgehead atoms. The minimum Gasteiger partial charge on any atom is -0.545 e. The summed E-state index contributed by atoms with van der Waals surface area (Å²) in [5, 5.41) is 20.5. The topological polar surface area (TPSA) is 80.3 Å². The van der Waals surface area contributed by atoms with Crippen LogP contribution in [0.2, 0.25) is 0 Å². The van der Waals surface area contributed by atoms with Gasteiger partial charge in [-0.05, 0) is 58.7 Å². The summed E-state index contributed by atoms with van der Waals surface area (Å²) in [7, 11) is 0. The van der Waals surface area contributed by atoms with Gasteiger partial charge in [0, 0.05) is 11.1 Å². The van der Waals surface area contributed by atoms with Crippen molar-refractivity contribution in [2.45, 2.75) is 54.6 Å². The van der Waals surface area contributed by atoms with Gasteiger partial charge < -0.3 is 28.8 Å². The number of quaternary nitrogens is 2. The van der Waals surface area contributed by atoms with Crippen LogP contribution < -0.4 is 10.2 Å². The van der Waals surface area contributed by atoms with E-state index >= 15 is 0 Å². The molecule has 6 nitrogen and oxygen atoms in total. The van der Waals surface area contributed by atoms with Gasteiger partial charge in [-0.2, -0.15) is 0 Å². The molecule has 3 aromatic carbocycles. The van der Waals surface area contributed by atoms with Crippen molar-refractivity contribution in [1.29, 1.82) is 0 Å². The van der Waals surface area contributed by atoms with Crippen molar-refractivity contribution in [3.63, 3.8) is 0 Å². The number of hydrogen-bond donors (Lipinski definition) is 0. The molecule has 3 rings (SSSR count). The fourth-order valence-corrected chi connectivity index (χ4v) is 4.73. The van der Waals surface area contributed by atoms with Crippen LogP contribution in [0, 0.1) is 0 Å². The number of benzene rings is 3. The van der Waals surface area contributed by atoms with Crippen LogP contribution in [0.5, 0.6) is 0 Å². The second kappa shape index (κ2) is 18.0. The molecule has 218 valence electrons. The quantitative estimate of drug-likeness (QED) is 0.311. The minimum atomic E-state index is -1.40. The van der Waals surface area contributed by atoms with Crippen LogP contribution in [0.25, 0.3) is 0 Å². The Labute approximate surface area is 241 Å². The molecule has 0 unspecified atom stereocenters. The van der Waals surface area contributed by atoms with E-state index in [-0.39, 0.29) is 11.1 Å². The Morgan fingerprint density at radius 1 is 0.500 bits per heavy atom. The average molecular weight is 549 g/mol. The van der Waals surface area contributed by atoms with Gasteiger partial charge in [-0.25, -0.2) is 0 Å². The molecule has 0 saturated heterocycles. The zero-order valence-electron chi connectivity index (χ0n) is 25.3. The van der Waals surface area contributed by atoms with Gasteiger partial charge in [0.1, 0.15) is 13.1 Å². The first kappa shape index (κ1) is 34.5. The number of aromatic carboxylic acids is 2. The molecule has 0 aliphatic heterocycles. The predicted octanol–water partition coefficient (Wildman–Crippen LogP) is 4.54. The first-order valence-corrected chi connectivity index (χ1v) is 14.4. The largest absolute Gasteiger partial charge is 0.545 e. The van der Waals surface area contributed by atoms with E-state index in [1.165, 1.54) is 90.7 Å². The lowest BCUT2D eigenvalue weighted by Gasteiger charge is -2.35. The average Bonchev–Trinajstić information content (AvgIpc) is 3.00. The van der Waals surface area contributed by atoms with Crippen molar-refractivity contribution in [3.05, 3.63) is 107 Å². The summed E-state index contributed by atoms with van der Waals surface area (Å²) in [6.45, 7) is 23.4. The van der Waals surface area contributed by atoms with Crippen molar-refractivity contribution in [2.24, 2.45) is 0 Å². The van der Waals surface area contributed by atoms with Crippen LogP contribution >= 0.6 is 0 Å². The molecule has 3 aromatic rings. The zero-order valence-corrected chi connectivity index (χ0v) is 25.3. The van der Waals surface area contributed by atoms with E-state index in [0.29, 0.717) is 0 Å². The summed E-state index contributed by atoms with van der Waals surface area (Å²) in [6, 6.07) is 26.4. The van der Waals surface area contributed by atoms with Gasteiger partial charge in [-0.15, -0.1) is 0 Å². The van der Waals surface area contributed by atoms with E-state index < -0.39 is 11.9 Å². The number of carboxylic acids is 2. The smallest absolute Gasteiger partial charge is 0.104 e. The number of rotatable bonds is 12. The van der Waals surface area contributed by atoms with Gasteiger partial charge in [0.15, 0.2) is 0 Å². The lowest BCUT2D eigenvalue weighted by molar-refractivity contribution is -0.936. The lowest BCUT2D eigenvalue weighted by atomic mass is 10.1. The highest BCUT2D eigenvalue weighted by Crippen LogP contribution is 2.14. The summed E-state index contributed by atoms with van der Waals surface area (Å²) >= 11 is 0. The second-order valence-corrected chi connectivity index (χ2v) is 10.0. The summed E-state index contributed by atoms with van der Waals surface area (Å²) < 4.78 is 2.40. The predicted molar refractivity (Wildman–Crippen MR) is 159 cm³/mol. The van der Waals surface area contributed by atoms with E-state index in [4.69, 9.17) is 0 Å². The molecule has 0 fully saturated rings. The van der Waals surface area contributed by atoms with Crippen LogP contribution in [0.15, 0.2) is 84.9 Å². The molecule has 0 radical (unpaired) electrons. The number of hydrogen-bond acceptors (Lipinski definition) is 4. The SMILES string of the molecule is CC[N+](CC)(CC)Cc1ccccc1.CC[N+](CC)(CC)Cc1ccccc1.O=C([O-])c1cccc(C(=O)[O-])c1. The first-order valence-electron chi connectivity index (χ1n) is 14.4. The zero-order chi connectivity index (χ0) is 30.0. The van der Waals surface area contributed by atoms with Gasteiger partial charge in [0.2, 0.25) is 0 Å². The van der Waals surface area contributed by atoms with Gasteiger partial charge in [0.05, 0.1) is 51.2 Å². The highest BCUT2D eigenvalue weighted by Gasteiger charge is 2.21. The molecule has 40 heavy (non-hydrogen) atoms. The standard InChI is InChI=1S/2C13H22N.C8H6O4/c2*1-4-14(5-2,6-3)12-13-10-8-7-9-11-13;9-7(10)5-2-1-3-6(4-5)8(11)12/h2*7-11H,4-6,12H2,1-3H3;1-4H,(H,9,10)(H,11,12)/q2*+1;/p-2. The first-order chi connectivity index (χ1) is 19.1. The summed E-state index contributed by atoms with van der Waals surface area (Å²) in [5.41, 5.74) is 2.57. The number of carbonyl (C=O) groups excluding carboxylic acids is 2. The number of carboxylic acid groups (broad SMARTS) is 2. The van der Waals surface area contributed by atoms with Crippen LogP contribution in [-0.4, -0.2) is 60.2 Å². The maximum atomic E-state index is 10.3. The van der Waals surface area contributed by atoms with Crippen LogP contribution in [0.4, 0.5) is 0 Å². The van der Waals surface area contributed by atoms with Gasteiger partial charge in [0.25, 0.3) is 0 Å². The summed E-state index contributed by atoms with van der Waals surface area (Å²) in [6.07, 6.45) is 0. The molecule has 0 aliphatic carbocycles. The van der Waals surface area contributed by atoms with E-state index in [0.717, 1.165) is 6.07 Å². The maximum absolute atomic E-state index is 10.3. The molecular formula is C34H48N2O4. The molecular weight excluding hydrogens is 500 g/mol. The Bertz CT molecular complexity index is 1020. The van der Waals surface area contributed by atoms with E-state index in [1.54, 1.807) is 0 Å². The molecule has 0 amide bonds. The van der Waals surface area contributed by atoms with Crippen molar-refractivity contribution in [2.75, 3.05) is 39.3 Å². The van der Waals surface area contributed by atoms with Crippen molar-refractivity contribution < 1.29 is 28.8 Å². The molecule has 0 spiro atoms. The van der Waals surface area contributed by atoms with Gasteiger partial charge in [-0.1, -0.05) is 78.9 Å². The molecule has 0 aliphatic rings. The molecule has 0 aromatic heterocycles. The van der Waals surface area contributed by atoms with Gasteiger partial charge >= 0.3 is 0 Å². The van der Waals surface area contributed by atoms with Crippen LogP contribution in [0.3, 0.4) is 0 Å². The molecule has 6 heteroatoms. The number of nitrogens with zero attached hydrogens (tertiary/aromatic N) is 2. The monoisotopic (exact) mass is 548 g/mol. The molecule has 0 N–H and O–H groups in total. The van der Waals surface area contributed by atoms with Gasteiger partial charge in [-0.3, -0.25) is 0 Å². The van der Waals surface area contributed by atoms with Crippen molar-refractivity contribution in [1.82, 2.24) is 0 Å². The van der Waals surface area contributed by atoms with E-state index in [9.17, 15) is 19.8 Å². The Balaban J connectivity index is 0.000000301. The van der Waals surface area contributed by atoms with Crippen molar-refractivity contribution in [3.8, 4) is 0 Å². The summed E-state index contributed by atoms with van der Waals surface area (Å²) in [4.78, 5) is 20.5. The fourth-order valence-electron chi connectivity index (χ4n) is 4.73. The highest BCUT2D eigenvalue weighted by atomic mass is 16.4. The second-order valence-electron chi connectivity index (χ2n) is 10.0. The molecule has 0 heterocycles. The maximum Gasteiger partial charge on any atom is 0.104 e. The van der Waals surface area contributed by atoms with E-state index in [2.05, 4.69) is 102 Å². The third-order valence-corrected chi connectivity index (χ3v) is 8.08. The minimum absolute atomic E-state index is 0.170. The Kier molecular flexibility index (Phi) is 15.5. The summed E-state index contributed by atoms with van der Waals surface area (Å²) in [5.74, 6) is -2.81. The fraction of sp³-hybridized carbons (Fsp3) is 0.412. The number of carbonyl (C=O) groups is 2. The Morgan fingerprint density at radius 3 is 1.05 bits per heavy atom. The van der Waals surface area contributed by atoms with E-state index in [1.807, 2.05) is 0 Å². The third-order valence-electron chi connectivity index (χ3n) is 8.08. The Morgan fingerprint density at radius 2 is 0.800 bits per heavy atom. The molecule has 0 atom stereocenters. The molecule has 0 saturated carbocycles. The Hall–Kier alpha value is -3.48. The third kappa shape index (κ3) is 11.3. The lowest BCUT2D eigenvalue weighted by Crippen LogP contribution is -2.46. The van der Waals surface area contributed by atoms with Crippen LogP contribution in [-0.2, 0) is 13.1 Å². The highest BCUT2D eigenvalue weighted by molar-refractivity contribution is 5.91. The van der Waals surface area contributed by atoms with Crippen LogP contribution in [0.1, 0.15) is 73.4 Å². The van der Waals surface area contributed by atoms with Crippen molar-refractivity contribution >= 4 is 11.9 Å².